The maximum Gasteiger partial charge on any atom is 0.240 e. The second-order valence-electron chi connectivity index (χ2n) is 2.70. The Balaban J connectivity index is 2.57. The number of nitrogens with zero attached hydrogens (tertiary/aromatic N) is 1. The molecule has 0 bridgehead atoms. The van der Waals surface area contributed by atoms with Crippen LogP contribution < -0.4 is 0 Å². The average Bonchev–Trinajstić information content (AvgIpc) is 2.72. The van der Waals surface area contributed by atoms with Gasteiger partial charge in [-0.2, -0.15) is 4.99 Å². The second kappa shape index (κ2) is 3.73. The standard InChI is InChI=1S/C11H7NO2/c13-8-12-10-5-2-1-4-9(10)11-6-3-7-14-11/h1-7H. The zero-order valence-corrected chi connectivity index (χ0v) is 7.31. The van der Waals surface area contributed by atoms with Gasteiger partial charge in [0.05, 0.1) is 12.0 Å². The predicted molar refractivity (Wildman–Crippen MR) is 51.9 cm³/mol. The lowest BCUT2D eigenvalue weighted by atomic mass is 10.1. The first-order valence-electron chi connectivity index (χ1n) is 4.12. The van der Waals surface area contributed by atoms with E-state index < -0.39 is 0 Å². The van der Waals surface area contributed by atoms with Crippen molar-refractivity contribution in [1.82, 2.24) is 0 Å². The lowest BCUT2D eigenvalue weighted by Crippen LogP contribution is -1.74. The van der Waals surface area contributed by atoms with Crippen molar-refractivity contribution in [1.29, 1.82) is 0 Å². The largest absolute Gasteiger partial charge is 0.464 e. The molecule has 0 atom stereocenters. The molecule has 14 heavy (non-hydrogen) atoms. The van der Waals surface area contributed by atoms with Gasteiger partial charge in [-0.3, -0.25) is 0 Å². The van der Waals surface area contributed by atoms with E-state index in [0.29, 0.717) is 11.4 Å². The molecule has 0 saturated carbocycles. The van der Waals surface area contributed by atoms with Crippen LogP contribution >= 0.6 is 0 Å². The van der Waals surface area contributed by atoms with Crippen LogP contribution in [0.25, 0.3) is 11.3 Å². The van der Waals surface area contributed by atoms with E-state index >= 15 is 0 Å². The minimum atomic E-state index is 0.567. The minimum absolute atomic E-state index is 0.567. The molecule has 0 aliphatic rings. The van der Waals surface area contributed by atoms with E-state index in [0.717, 1.165) is 5.56 Å². The summed E-state index contributed by atoms with van der Waals surface area (Å²) in [5.74, 6) is 0.694. The van der Waals surface area contributed by atoms with Crippen molar-refractivity contribution >= 4 is 11.8 Å². The van der Waals surface area contributed by atoms with E-state index in [9.17, 15) is 4.79 Å². The van der Waals surface area contributed by atoms with Crippen LogP contribution in [0.3, 0.4) is 0 Å². The fourth-order valence-electron chi connectivity index (χ4n) is 1.26. The highest BCUT2D eigenvalue weighted by Crippen LogP contribution is 2.29. The number of carbonyl (C=O) groups excluding carboxylic acids is 1. The zero-order chi connectivity index (χ0) is 9.80. The van der Waals surface area contributed by atoms with E-state index in [-0.39, 0.29) is 0 Å². The quantitative estimate of drug-likeness (QED) is 0.533. The van der Waals surface area contributed by atoms with E-state index in [2.05, 4.69) is 4.99 Å². The second-order valence-corrected chi connectivity index (χ2v) is 2.70. The molecule has 2 aromatic rings. The summed E-state index contributed by atoms with van der Waals surface area (Å²) in [6.07, 6.45) is 3.10. The van der Waals surface area contributed by atoms with Crippen molar-refractivity contribution in [3.63, 3.8) is 0 Å². The fourth-order valence-corrected chi connectivity index (χ4v) is 1.26. The monoisotopic (exact) mass is 185 g/mol. The summed E-state index contributed by atoms with van der Waals surface area (Å²) in [5, 5.41) is 0. The molecule has 0 aliphatic heterocycles. The highest BCUT2D eigenvalue weighted by Gasteiger charge is 2.05. The first-order valence-corrected chi connectivity index (χ1v) is 4.12. The summed E-state index contributed by atoms with van der Waals surface area (Å²) >= 11 is 0. The van der Waals surface area contributed by atoms with Crippen molar-refractivity contribution in [3.05, 3.63) is 42.7 Å². The maximum absolute atomic E-state index is 10.2. The number of hydrogen-bond donors (Lipinski definition) is 0. The Morgan fingerprint density at radius 3 is 2.71 bits per heavy atom. The fraction of sp³-hybridized carbons (Fsp3) is 0. The summed E-state index contributed by atoms with van der Waals surface area (Å²) in [6.45, 7) is 0. The highest BCUT2D eigenvalue weighted by molar-refractivity contribution is 5.73. The molecule has 0 saturated heterocycles. The number of rotatable bonds is 2. The number of furan rings is 1. The highest BCUT2D eigenvalue weighted by atomic mass is 16.3. The third-order valence-electron chi connectivity index (χ3n) is 1.86. The van der Waals surface area contributed by atoms with Crippen molar-refractivity contribution in [2.45, 2.75) is 0 Å². The van der Waals surface area contributed by atoms with Crippen molar-refractivity contribution in [3.8, 4) is 11.3 Å². The van der Waals surface area contributed by atoms with E-state index in [1.807, 2.05) is 24.3 Å². The Morgan fingerprint density at radius 2 is 2.00 bits per heavy atom. The van der Waals surface area contributed by atoms with Crippen LogP contribution in [0.15, 0.2) is 52.1 Å². The molecule has 0 aliphatic carbocycles. The molecule has 0 unspecified atom stereocenters. The topological polar surface area (TPSA) is 42.6 Å². The number of aliphatic imine (C=N–C) groups is 1. The predicted octanol–water partition coefficient (Wildman–Crippen LogP) is 2.91. The summed E-state index contributed by atoms with van der Waals surface area (Å²) in [7, 11) is 0. The number of para-hydroxylation sites is 1. The van der Waals surface area contributed by atoms with E-state index in [1.165, 1.54) is 6.08 Å². The van der Waals surface area contributed by atoms with Crippen LogP contribution in [0.1, 0.15) is 0 Å². The van der Waals surface area contributed by atoms with Gasteiger partial charge in [0.15, 0.2) is 0 Å². The van der Waals surface area contributed by atoms with Crippen LogP contribution in [-0.2, 0) is 4.79 Å². The molecule has 0 spiro atoms. The van der Waals surface area contributed by atoms with Gasteiger partial charge in [0.25, 0.3) is 0 Å². The summed E-state index contributed by atoms with van der Waals surface area (Å²) in [5.41, 5.74) is 1.36. The molecule has 3 nitrogen and oxygen atoms in total. The van der Waals surface area contributed by atoms with Crippen molar-refractivity contribution in [2.75, 3.05) is 0 Å². The molecular formula is C11H7NO2. The number of benzene rings is 1. The van der Waals surface area contributed by atoms with Gasteiger partial charge in [-0.05, 0) is 24.3 Å². The summed E-state index contributed by atoms with van der Waals surface area (Å²) in [4.78, 5) is 13.8. The van der Waals surface area contributed by atoms with Crippen LogP contribution in [0.2, 0.25) is 0 Å². The van der Waals surface area contributed by atoms with Gasteiger partial charge in [0.1, 0.15) is 5.76 Å². The maximum atomic E-state index is 10.2. The number of hydrogen-bond acceptors (Lipinski definition) is 3. The molecule has 0 radical (unpaired) electrons. The van der Waals surface area contributed by atoms with Gasteiger partial charge in [0.2, 0.25) is 6.08 Å². The molecule has 0 fully saturated rings. The smallest absolute Gasteiger partial charge is 0.240 e. The van der Waals surface area contributed by atoms with Crippen LogP contribution in [0.5, 0.6) is 0 Å². The Kier molecular flexibility index (Phi) is 2.26. The first-order chi connectivity index (χ1) is 6.92. The van der Waals surface area contributed by atoms with E-state index in [1.54, 1.807) is 18.4 Å². The Labute approximate surface area is 80.7 Å². The van der Waals surface area contributed by atoms with Gasteiger partial charge in [-0.25, -0.2) is 4.79 Å². The minimum Gasteiger partial charge on any atom is -0.464 e. The van der Waals surface area contributed by atoms with E-state index in [4.69, 9.17) is 4.42 Å². The summed E-state index contributed by atoms with van der Waals surface area (Å²) < 4.78 is 5.22. The van der Waals surface area contributed by atoms with Gasteiger partial charge >= 0.3 is 0 Å². The third-order valence-corrected chi connectivity index (χ3v) is 1.86. The van der Waals surface area contributed by atoms with Crippen molar-refractivity contribution in [2.24, 2.45) is 4.99 Å². The Bertz CT molecular complexity index is 468. The molecule has 1 heterocycles. The van der Waals surface area contributed by atoms with Crippen LogP contribution in [0.4, 0.5) is 5.69 Å². The van der Waals surface area contributed by atoms with Gasteiger partial charge in [-0.1, -0.05) is 12.1 Å². The SMILES string of the molecule is O=C=Nc1ccccc1-c1ccco1. The molecule has 3 heteroatoms. The molecular weight excluding hydrogens is 178 g/mol. The van der Waals surface area contributed by atoms with Gasteiger partial charge in [0, 0.05) is 5.56 Å². The van der Waals surface area contributed by atoms with Gasteiger partial charge < -0.3 is 4.42 Å². The lowest BCUT2D eigenvalue weighted by molar-refractivity contribution is 0.565. The summed E-state index contributed by atoms with van der Waals surface area (Å²) in [6, 6.07) is 10.9. The van der Waals surface area contributed by atoms with Crippen molar-refractivity contribution < 1.29 is 9.21 Å². The molecule has 1 aromatic heterocycles. The number of isocyanates is 1. The first kappa shape index (κ1) is 8.48. The molecule has 2 rings (SSSR count). The average molecular weight is 185 g/mol. The Hall–Kier alpha value is -2.12. The molecule has 68 valence electrons. The normalized spacial score (nSPS) is 9.43. The van der Waals surface area contributed by atoms with Gasteiger partial charge in [-0.15, -0.1) is 0 Å². The third kappa shape index (κ3) is 1.49. The van der Waals surface area contributed by atoms with Crippen LogP contribution in [-0.4, -0.2) is 6.08 Å². The molecule has 0 amide bonds. The lowest BCUT2D eigenvalue weighted by Gasteiger charge is -1.98. The molecule has 1 aromatic carbocycles. The Morgan fingerprint density at radius 1 is 1.14 bits per heavy atom. The zero-order valence-electron chi connectivity index (χ0n) is 7.31. The molecule has 0 N–H and O–H groups in total. The van der Waals surface area contributed by atoms with Crippen LogP contribution in [0, 0.1) is 0 Å².